The molecule has 1 fully saturated rings. The number of rotatable bonds is 6. The van der Waals surface area contributed by atoms with Gasteiger partial charge in [0.25, 0.3) is 0 Å². The predicted molar refractivity (Wildman–Crippen MR) is 112 cm³/mol. The molecule has 1 saturated carbocycles. The standard InChI is InChI=1S/C22H24FN3OS/c1-15-7-8-17(12-24-15)20-14-28-22(26-20)25-18-9-10-21(19(23)11-18)27-13-16-5-3-2-4-6-16/h7-12,14,16H,2-6,13H2,1H3,(H,25,26). The van der Waals surface area contributed by atoms with Gasteiger partial charge < -0.3 is 10.1 Å². The van der Waals surface area contributed by atoms with Crippen LogP contribution in [-0.2, 0) is 0 Å². The molecule has 0 unspecified atom stereocenters. The predicted octanol–water partition coefficient (Wildman–Crippen LogP) is 6.36. The van der Waals surface area contributed by atoms with Crippen molar-refractivity contribution in [1.82, 2.24) is 9.97 Å². The summed E-state index contributed by atoms with van der Waals surface area (Å²) in [5.41, 5.74) is 3.45. The Bertz CT molecular complexity index is 920. The molecular weight excluding hydrogens is 373 g/mol. The molecule has 28 heavy (non-hydrogen) atoms. The smallest absolute Gasteiger partial charge is 0.187 e. The second-order valence-corrected chi connectivity index (χ2v) is 8.17. The Balaban J connectivity index is 1.38. The Morgan fingerprint density at radius 1 is 1.18 bits per heavy atom. The van der Waals surface area contributed by atoms with E-state index in [1.165, 1.54) is 49.5 Å². The zero-order valence-corrected chi connectivity index (χ0v) is 16.8. The van der Waals surface area contributed by atoms with Gasteiger partial charge in [-0.3, -0.25) is 4.98 Å². The zero-order chi connectivity index (χ0) is 19.3. The number of aromatic nitrogens is 2. The van der Waals surface area contributed by atoms with Gasteiger partial charge in [-0.1, -0.05) is 19.3 Å². The van der Waals surface area contributed by atoms with E-state index >= 15 is 0 Å². The monoisotopic (exact) mass is 397 g/mol. The fourth-order valence-electron chi connectivity index (χ4n) is 3.46. The topological polar surface area (TPSA) is 47.0 Å². The molecule has 0 saturated heterocycles. The summed E-state index contributed by atoms with van der Waals surface area (Å²) in [6.45, 7) is 2.55. The second kappa shape index (κ2) is 8.69. The average Bonchev–Trinajstić information content (AvgIpc) is 3.17. The Morgan fingerprint density at radius 2 is 2.04 bits per heavy atom. The molecule has 6 heteroatoms. The van der Waals surface area contributed by atoms with E-state index in [4.69, 9.17) is 4.74 Å². The first-order valence-corrected chi connectivity index (χ1v) is 10.6. The first kappa shape index (κ1) is 18.9. The number of benzene rings is 1. The summed E-state index contributed by atoms with van der Waals surface area (Å²) < 4.78 is 20.2. The molecule has 0 atom stereocenters. The molecule has 4 rings (SSSR count). The van der Waals surface area contributed by atoms with Gasteiger partial charge in [0.2, 0.25) is 0 Å². The number of nitrogens with zero attached hydrogens (tertiary/aromatic N) is 2. The van der Waals surface area contributed by atoms with Gasteiger partial charge >= 0.3 is 0 Å². The van der Waals surface area contributed by atoms with Crippen molar-refractivity contribution in [3.63, 3.8) is 0 Å². The minimum Gasteiger partial charge on any atom is -0.490 e. The van der Waals surface area contributed by atoms with E-state index in [2.05, 4.69) is 15.3 Å². The SMILES string of the molecule is Cc1ccc(-c2csc(Nc3ccc(OCC4CCCCC4)c(F)c3)n2)cn1. The van der Waals surface area contributed by atoms with Crippen LogP contribution in [0.2, 0.25) is 0 Å². The molecule has 0 amide bonds. The zero-order valence-electron chi connectivity index (χ0n) is 16.0. The van der Waals surface area contributed by atoms with Gasteiger partial charge in [0.1, 0.15) is 0 Å². The molecule has 0 aliphatic heterocycles. The number of hydrogen-bond donors (Lipinski definition) is 1. The number of aryl methyl sites for hydroxylation is 1. The van der Waals surface area contributed by atoms with E-state index in [0.29, 0.717) is 29.1 Å². The lowest BCUT2D eigenvalue weighted by Crippen LogP contribution is -2.15. The molecule has 1 aliphatic rings. The van der Waals surface area contributed by atoms with Crippen LogP contribution in [0.3, 0.4) is 0 Å². The van der Waals surface area contributed by atoms with Crippen molar-refractivity contribution < 1.29 is 9.13 Å². The number of pyridine rings is 1. The van der Waals surface area contributed by atoms with Crippen LogP contribution in [0.15, 0.2) is 41.9 Å². The fourth-order valence-corrected chi connectivity index (χ4v) is 4.20. The Labute approximate surface area is 168 Å². The largest absolute Gasteiger partial charge is 0.490 e. The van der Waals surface area contributed by atoms with Crippen LogP contribution >= 0.6 is 11.3 Å². The van der Waals surface area contributed by atoms with Crippen molar-refractivity contribution in [1.29, 1.82) is 0 Å². The third-order valence-electron chi connectivity index (χ3n) is 5.09. The maximum absolute atomic E-state index is 14.4. The van der Waals surface area contributed by atoms with Crippen LogP contribution < -0.4 is 10.1 Å². The summed E-state index contributed by atoms with van der Waals surface area (Å²) in [6, 6.07) is 8.94. The maximum atomic E-state index is 14.4. The van der Waals surface area contributed by atoms with Crippen LogP contribution in [0.4, 0.5) is 15.2 Å². The van der Waals surface area contributed by atoms with E-state index in [9.17, 15) is 4.39 Å². The van der Waals surface area contributed by atoms with Crippen molar-refractivity contribution in [2.24, 2.45) is 5.92 Å². The minimum atomic E-state index is -0.347. The molecule has 2 aromatic heterocycles. The van der Waals surface area contributed by atoms with Crippen LogP contribution in [0.5, 0.6) is 5.75 Å². The van der Waals surface area contributed by atoms with Crippen molar-refractivity contribution in [3.05, 3.63) is 53.4 Å². The molecule has 1 aliphatic carbocycles. The van der Waals surface area contributed by atoms with Gasteiger partial charge in [-0.15, -0.1) is 11.3 Å². The van der Waals surface area contributed by atoms with Gasteiger partial charge in [-0.2, -0.15) is 0 Å². The van der Waals surface area contributed by atoms with E-state index in [1.807, 2.05) is 36.7 Å². The summed E-state index contributed by atoms with van der Waals surface area (Å²) in [5, 5.41) is 5.85. The van der Waals surface area contributed by atoms with E-state index in [0.717, 1.165) is 17.0 Å². The lowest BCUT2D eigenvalue weighted by Gasteiger charge is -2.21. The Hall–Kier alpha value is -2.47. The molecule has 2 heterocycles. The molecule has 4 nitrogen and oxygen atoms in total. The van der Waals surface area contributed by atoms with Crippen molar-refractivity contribution in [2.75, 3.05) is 11.9 Å². The van der Waals surface area contributed by atoms with E-state index < -0.39 is 0 Å². The number of thiazole rings is 1. The summed E-state index contributed by atoms with van der Waals surface area (Å²) in [6.07, 6.45) is 8.01. The normalized spacial score (nSPS) is 14.8. The van der Waals surface area contributed by atoms with Crippen molar-refractivity contribution >= 4 is 22.2 Å². The van der Waals surface area contributed by atoms with Crippen LogP contribution in [-0.4, -0.2) is 16.6 Å². The molecule has 1 aromatic carbocycles. The highest BCUT2D eigenvalue weighted by atomic mass is 32.1. The summed E-state index contributed by atoms with van der Waals surface area (Å²) in [7, 11) is 0. The highest BCUT2D eigenvalue weighted by Crippen LogP contribution is 2.30. The number of hydrogen-bond acceptors (Lipinski definition) is 5. The summed E-state index contributed by atoms with van der Waals surface area (Å²) >= 11 is 1.48. The molecule has 146 valence electrons. The molecule has 0 spiro atoms. The third-order valence-corrected chi connectivity index (χ3v) is 5.85. The van der Waals surface area contributed by atoms with Crippen molar-refractivity contribution in [2.45, 2.75) is 39.0 Å². The molecule has 1 N–H and O–H groups in total. The lowest BCUT2D eigenvalue weighted by atomic mass is 9.90. The number of nitrogens with one attached hydrogen (secondary N) is 1. The van der Waals surface area contributed by atoms with Gasteiger partial charge in [0.15, 0.2) is 16.7 Å². The average molecular weight is 398 g/mol. The lowest BCUT2D eigenvalue weighted by molar-refractivity contribution is 0.202. The van der Waals surface area contributed by atoms with Gasteiger partial charge in [-0.05, 0) is 49.9 Å². The molecule has 3 aromatic rings. The van der Waals surface area contributed by atoms with E-state index in [1.54, 1.807) is 6.07 Å². The number of anilines is 2. The summed E-state index contributed by atoms with van der Waals surface area (Å²) in [4.78, 5) is 8.87. The number of ether oxygens (including phenoxy) is 1. The summed E-state index contributed by atoms with van der Waals surface area (Å²) in [5.74, 6) is 0.526. The third kappa shape index (κ3) is 4.68. The molecule has 0 radical (unpaired) electrons. The van der Waals surface area contributed by atoms with Crippen LogP contribution in [0, 0.1) is 18.7 Å². The Morgan fingerprint density at radius 3 is 2.79 bits per heavy atom. The molecule has 0 bridgehead atoms. The minimum absolute atomic E-state index is 0.321. The molecular formula is C22H24FN3OS. The highest BCUT2D eigenvalue weighted by Gasteiger charge is 2.15. The second-order valence-electron chi connectivity index (χ2n) is 7.31. The van der Waals surface area contributed by atoms with Gasteiger partial charge in [0.05, 0.1) is 12.3 Å². The van der Waals surface area contributed by atoms with E-state index in [-0.39, 0.29) is 5.82 Å². The highest BCUT2D eigenvalue weighted by molar-refractivity contribution is 7.14. The fraction of sp³-hybridized carbons (Fsp3) is 0.364. The quantitative estimate of drug-likeness (QED) is 0.526. The van der Waals surface area contributed by atoms with Gasteiger partial charge in [0, 0.05) is 34.6 Å². The maximum Gasteiger partial charge on any atom is 0.187 e. The van der Waals surface area contributed by atoms with Crippen LogP contribution in [0.1, 0.15) is 37.8 Å². The number of halogens is 1. The van der Waals surface area contributed by atoms with Gasteiger partial charge in [-0.25, -0.2) is 9.37 Å². The first-order valence-electron chi connectivity index (χ1n) is 9.75. The van der Waals surface area contributed by atoms with Crippen LogP contribution in [0.25, 0.3) is 11.3 Å². The first-order chi connectivity index (χ1) is 13.7. The van der Waals surface area contributed by atoms with Crippen molar-refractivity contribution in [3.8, 4) is 17.0 Å². The Kier molecular flexibility index (Phi) is 5.86.